The molecule has 210 valence electrons. The maximum absolute atomic E-state index is 15.6. The first-order valence-electron chi connectivity index (χ1n) is 13.0. The number of para-hydroxylation sites is 1. The quantitative estimate of drug-likeness (QED) is 0.262. The van der Waals surface area contributed by atoms with Crippen LogP contribution >= 0.6 is 11.6 Å². The van der Waals surface area contributed by atoms with Gasteiger partial charge in [-0.25, -0.2) is 13.5 Å². The molecule has 1 aliphatic heterocycles. The molecule has 5 rings (SSSR count). The maximum atomic E-state index is 15.6. The highest BCUT2D eigenvalue weighted by molar-refractivity contribution is 6.34. The first kappa shape index (κ1) is 28.2. The smallest absolute Gasteiger partial charge is 0.275 e. The van der Waals surface area contributed by atoms with E-state index in [1.165, 1.54) is 11.0 Å². The van der Waals surface area contributed by atoms with Gasteiger partial charge in [0.25, 0.3) is 11.8 Å². The van der Waals surface area contributed by atoms with Crippen molar-refractivity contribution in [1.29, 1.82) is 0 Å². The summed E-state index contributed by atoms with van der Waals surface area (Å²) in [6.07, 6.45) is 1.18. The van der Waals surface area contributed by atoms with Gasteiger partial charge in [-0.15, -0.1) is 0 Å². The van der Waals surface area contributed by atoms with E-state index in [2.05, 4.69) is 10.4 Å². The lowest BCUT2D eigenvalue weighted by molar-refractivity contribution is -0.112. The number of nitrogens with one attached hydrogen (secondary N) is 1. The lowest BCUT2D eigenvalue weighted by atomic mass is 9.97. The fourth-order valence-electron chi connectivity index (χ4n) is 4.75. The number of hydrogen-bond donors (Lipinski definition) is 2. The highest BCUT2D eigenvalue weighted by Gasteiger charge is 2.41. The minimum Gasteiger partial charge on any atom is -0.389 e. The van der Waals surface area contributed by atoms with E-state index in [9.17, 15) is 14.7 Å². The number of amides is 2. The molecule has 1 atom stereocenters. The highest BCUT2D eigenvalue weighted by atomic mass is 35.5. The molecule has 2 N–H and O–H groups in total. The van der Waals surface area contributed by atoms with Gasteiger partial charge < -0.3 is 15.3 Å². The van der Waals surface area contributed by atoms with Gasteiger partial charge in [0.2, 0.25) is 5.91 Å². The highest BCUT2D eigenvalue weighted by Crippen LogP contribution is 2.43. The third kappa shape index (κ3) is 5.91. The van der Waals surface area contributed by atoms with Crippen molar-refractivity contribution >= 4 is 40.4 Å². The molecule has 0 bridgehead atoms. The van der Waals surface area contributed by atoms with Crippen LogP contribution in [-0.2, 0) is 4.79 Å². The molecule has 0 saturated carbocycles. The lowest BCUT2D eigenvalue weighted by Gasteiger charge is -2.23. The number of aromatic nitrogens is 2. The second-order valence-electron chi connectivity index (χ2n) is 9.84. The monoisotopic (exact) mass is 576 g/mol. The zero-order valence-corrected chi connectivity index (χ0v) is 23.1. The average molecular weight is 577 g/mol. The molecule has 0 saturated heterocycles. The minimum atomic E-state index is -3.41. The largest absolute Gasteiger partial charge is 0.389 e. The predicted octanol–water partition coefficient (Wildman–Crippen LogP) is 6.60. The predicted molar refractivity (Wildman–Crippen MR) is 155 cm³/mol. The summed E-state index contributed by atoms with van der Waals surface area (Å²) in [5.74, 6) is -4.71. The summed E-state index contributed by atoms with van der Waals surface area (Å²) in [5, 5.41) is 16.9. The van der Waals surface area contributed by atoms with Crippen LogP contribution in [0.1, 0.15) is 46.6 Å². The second kappa shape index (κ2) is 11.3. The van der Waals surface area contributed by atoms with Crippen LogP contribution in [0.15, 0.2) is 85.1 Å². The van der Waals surface area contributed by atoms with E-state index in [-0.39, 0.29) is 28.4 Å². The molecule has 0 aliphatic carbocycles. The lowest BCUT2D eigenvalue weighted by Crippen LogP contribution is -2.33. The van der Waals surface area contributed by atoms with Crippen molar-refractivity contribution in [2.75, 3.05) is 16.8 Å². The molecule has 41 heavy (non-hydrogen) atoms. The number of fused-ring (bicyclic) bond motifs is 1. The third-order valence-electron chi connectivity index (χ3n) is 6.86. The number of carbonyl (C=O) groups is 2. The van der Waals surface area contributed by atoms with Gasteiger partial charge in [-0.05, 0) is 61.9 Å². The summed E-state index contributed by atoms with van der Waals surface area (Å²) in [6, 6.07) is 19.4. The number of alkyl halides is 2. The van der Waals surface area contributed by atoms with E-state index in [0.717, 1.165) is 11.8 Å². The van der Waals surface area contributed by atoms with E-state index in [1.807, 2.05) is 13.0 Å². The van der Waals surface area contributed by atoms with Crippen LogP contribution in [0.5, 0.6) is 0 Å². The fourth-order valence-corrected chi connectivity index (χ4v) is 5.00. The molecule has 7 nitrogen and oxygen atoms in total. The molecule has 1 unspecified atom stereocenters. The SMILES string of the molecule is Cc1ccn(-c2ccc(C(=O)N3CCC(F)(F)C(=CC(=O)Nc4cccc(C(C)O)c4)c4ccccc43)c(Cl)c2)n1. The van der Waals surface area contributed by atoms with Crippen molar-refractivity contribution in [1.82, 2.24) is 9.78 Å². The summed E-state index contributed by atoms with van der Waals surface area (Å²) < 4.78 is 32.8. The van der Waals surface area contributed by atoms with Crippen LogP contribution in [0.2, 0.25) is 5.02 Å². The zero-order valence-electron chi connectivity index (χ0n) is 22.3. The number of anilines is 2. The van der Waals surface area contributed by atoms with Gasteiger partial charge in [-0.2, -0.15) is 5.10 Å². The Morgan fingerprint density at radius 2 is 1.88 bits per heavy atom. The Kier molecular flexibility index (Phi) is 7.75. The Morgan fingerprint density at radius 3 is 2.59 bits per heavy atom. The van der Waals surface area contributed by atoms with Gasteiger partial charge in [0.05, 0.1) is 33.8 Å². The van der Waals surface area contributed by atoms with Gasteiger partial charge in [-0.3, -0.25) is 9.59 Å². The number of benzene rings is 3. The van der Waals surface area contributed by atoms with E-state index >= 15 is 8.78 Å². The number of aliphatic hydroxyl groups is 1. The van der Waals surface area contributed by atoms with Crippen LogP contribution in [-0.4, -0.2) is 39.2 Å². The number of halogens is 3. The van der Waals surface area contributed by atoms with Crippen molar-refractivity contribution < 1.29 is 23.5 Å². The topological polar surface area (TPSA) is 87.5 Å². The van der Waals surface area contributed by atoms with Crippen LogP contribution in [0, 0.1) is 6.92 Å². The molecule has 2 heterocycles. The molecule has 1 aliphatic rings. The van der Waals surface area contributed by atoms with Gasteiger partial charge in [-0.1, -0.05) is 41.9 Å². The van der Waals surface area contributed by atoms with Crippen LogP contribution in [0.4, 0.5) is 20.2 Å². The summed E-state index contributed by atoms with van der Waals surface area (Å²) >= 11 is 6.51. The molecule has 4 aromatic rings. The van der Waals surface area contributed by atoms with Gasteiger partial charge in [0, 0.05) is 42.1 Å². The summed E-state index contributed by atoms with van der Waals surface area (Å²) in [7, 11) is 0. The molecular formula is C31H27ClF2N4O3. The molecule has 0 radical (unpaired) electrons. The van der Waals surface area contributed by atoms with Crippen LogP contribution < -0.4 is 10.2 Å². The molecule has 3 aromatic carbocycles. The first-order valence-corrected chi connectivity index (χ1v) is 13.3. The van der Waals surface area contributed by atoms with Gasteiger partial charge in [0.15, 0.2) is 0 Å². The molecule has 10 heteroatoms. The Morgan fingerprint density at radius 1 is 1.10 bits per heavy atom. The average Bonchev–Trinajstić information content (AvgIpc) is 3.34. The number of aryl methyl sites for hydroxylation is 1. The Hall–Kier alpha value is -4.34. The number of nitrogens with zero attached hydrogens (tertiary/aromatic N) is 3. The normalized spacial score (nSPS) is 16.1. The molecular weight excluding hydrogens is 550 g/mol. The minimum absolute atomic E-state index is 0.0657. The Bertz CT molecular complexity index is 1660. The van der Waals surface area contributed by atoms with E-state index in [4.69, 9.17) is 11.6 Å². The van der Waals surface area contributed by atoms with Crippen molar-refractivity contribution in [3.8, 4) is 5.69 Å². The van der Waals surface area contributed by atoms with Crippen LogP contribution in [0.3, 0.4) is 0 Å². The van der Waals surface area contributed by atoms with E-state index in [0.29, 0.717) is 16.9 Å². The zero-order chi connectivity index (χ0) is 29.3. The Balaban J connectivity index is 1.48. The van der Waals surface area contributed by atoms with Crippen molar-refractivity contribution in [3.63, 3.8) is 0 Å². The number of rotatable bonds is 5. The van der Waals surface area contributed by atoms with E-state index in [1.54, 1.807) is 78.5 Å². The summed E-state index contributed by atoms with van der Waals surface area (Å²) in [6.45, 7) is 3.14. The Labute approximate surface area is 240 Å². The van der Waals surface area contributed by atoms with E-state index < -0.39 is 35.8 Å². The molecule has 0 fully saturated rings. The summed E-state index contributed by atoms with van der Waals surface area (Å²) in [5.41, 5.74) is 2.36. The molecule has 1 aromatic heterocycles. The third-order valence-corrected chi connectivity index (χ3v) is 7.17. The number of allylic oxidation sites excluding steroid dienone is 1. The standard InChI is InChI=1S/C31H27ClF2N4O3/c1-19-12-14-38(36-19)23-10-11-25(27(32)17-23)30(41)37-15-13-31(33,34)26(24-8-3-4-9-28(24)37)18-29(40)35-22-7-5-6-21(16-22)20(2)39/h3-12,14,16-18,20,39H,13,15H2,1-2H3,(H,35,40). The van der Waals surface area contributed by atoms with Crippen molar-refractivity contribution in [3.05, 3.63) is 112 Å². The second-order valence-corrected chi connectivity index (χ2v) is 10.3. The molecule has 2 amide bonds. The van der Waals surface area contributed by atoms with Crippen molar-refractivity contribution in [2.24, 2.45) is 0 Å². The first-order chi connectivity index (χ1) is 19.5. The number of carbonyl (C=O) groups excluding carboxylic acids is 2. The number of aliphatic hydroxyl groups excluding tert-OH is 1. The van der Waals surface area contributed by atoms with Gasteiger partial charge >= 0.3 is 0 Å². The molecule has 0 spiro atoms. The summed E-state index contributed by atoms with van der Waals surface area (Å²) in [4.78, 5) is 27.9. The van der Waals surface area contributed by atoms with Crippen LogP contribution in [0.25, 0.3) is 11.3 Å². The van der Waals surface area contributed by atoms with Gasteiger partial charge in [0.1, 0.15) is 0 Å². The number of hydrogen-bond acceptors (Lipinski definition) is 4. The maximum Gasteiger partial charge on any atom is 0.275 e. The van der Waals surface area contributed by atoms with Crippen molar-refractivity contribution in [2.45, 2.75) is 32.3 Å². The fraction of sp³-hybridized carbons (Fsp3) is 0.194.